The number of ketones is 1. The fourth-order valence-corrected chi connectivity index (χ4v) is 2.58. The summed E-state index contributed by atoms with van der Waals surface area (Å²) in [7, 11) is 0. The van der Waals surface area contributed by atoms with Crippen LogP contribution in [0.25, 0.3) is 10.9 Å². The molecule has 0 fully saturated rings. The van der Waals surface area contributed by atoms with Crippen molar-refractivity contribution in [2.75, 3.05) is 6.61 Å². The summed E-state index contributed by atoms with van der Waals surface area (Å²) in [6, 6.07) is 4.79. The van der Waals surface area contributed by atoms with Gasteiger partial charge in [-0.15, -0.1) is 0 Å². The molecule has 118 valence electrons. The van der Waals surface area contributed by atoms with Crippen LogP contribution >= 0.6 is 11.6 Å². The fourth-order valence-electron chi connectivity index (χ4n) is 2.36. The number of nitrogens with zero attached hydrogens (tertiary/aromatic N) is 1. The molecule has 0 aliphatic rings. The van der Waals surface area contributed by atoms with Crippen molar-refractivity contribution in [3.8, 4) is 0 Å². The molecule has 2 heterocycles. The normalized spacial score (nSPS) is 10.9. The molecule has 23 heavy (non-hydrogen) atoms. The lowest BCUT2D eigenvalue weighted by Gasteiger charge is -2.03. The van der Waals surface area contributed by atoms with E-state index in [1.54, 1.807) is 25.3 Å². The van der Waals surface area contributed by atoms with Crippen LogP contribution in [0.4, 0.5) is 0 Å². The van der Waals surface area contributed by atoms with E-state index in [9.17, 15) is 9.59 Å². The summed E-state index contributed by atoms with van der Waals surface area (Å²) >= 11 is 6.05. The Labute approximate surface area is 136 Å². The van der Waals surface area contributed by atoms with E-state index in [4.69, 9.17) is 16.3 Å². The second-order valence-corrected chi connectivity index (χ2v) is 5.50. The number of aromatic amines is 2. The van der Waals surface area contributed by atoms with E-state index in [2.05, 4.69) is 15.0 Å². The molecule has 0 unspecified atom stereocenters. The predicted molar refractivity (Wildman–Crippen MR) is 86.0 cm³/mol. The number of esters is 1. The third kappa shape index (κ3) is 2.85. The number of ether oxygens (including phenoxy) is 1. The molecule has 0 amide bonds. The number of carbonyl (C=O) groups excluding carboxylic acids is 2. The number of hydrogen-bond acceptors (Lipinski definition) is 4. The lowest BCUT2D eigenvalue weighted by atomic mass is 10.1. The highest BCUT2D eigenvalue weighted by Gasteiger charge is 2.19. The summed E-state index contributed by atoms with van der Waals surface area (Å²) in [5.74, 6) is -0.537. The Bertz CT molecular complexity index is 911. The Kier molecular flexibility index (Phi) is 3.92. The largest absolute Gasteiger partial charge is 0.462 e. The van der Waals surface area contributed by atoms with E-state index in [0.29, 0.717) is 27.2 Å². The zero-order valence-electron chi connectivity index (χ0n) is 12.6. The highest BCUT2D eigenvalue weighted by atomic mass is 35.5. The topological polar surface area (TPSA) is 87.8 Å². The van der Waals surface area contributed by atoms with Crippen LogP contribution in [-0.4, -0.2) is 33.3 Å². The minimum atomic E-state index is -0.480. The van der Waals surface area contributed by atoms with Gasteiger partial charge in [0.1, 0.15) is 0 Å². The van der Waals surface area contributed by atoms with Crippen LogP contribution in [-0.2, 0) is 4.74 Å². The van der Waals surface area contributed by atoms with Gasteiger partial charge in [0, 0.05) is 27.8 Å². The molecule has 2 aromatic heterocycles. The maximum atomic E-state index is 12.4. The first-order valence-electron chi connectivity index (χ1n) is 7.05. The number of benzene rings is 1. The van der Waals surface area contributed by atoms with Gasteiger partial charge in [0.25, 0.3) is 0 Å². The lowest BCUT2D eigenvalue weighted by Crippen LogP contribution is -2.05. The van der Waals surface area contributed by atoms with Gasteiger partial charge in [-0.1, -0.05) is 11.6 Å². The Balaban J connectivity index is 2.09. The number of hydrogen-bond donors (Lipinski definition) is 2. The molecule has 0 atom stereocenters. The van der Waals surface area contributed by atoms with Gasteiger partial charge in [0.15, 0.2) is 5.82 Å². The Morgan fingerprint density at radius 3 is 2.70 bits per heavy atom. The molecule has 1 aromatic carbocycles. The summed E-state index contributed by atoms with van der Waals surface area (Å²) in [5, 5.41) is 0.967. The average molecular weight is 332 g/mol. The van der Waals surface area contributed by atoms with Crippen molar-refractivity contribution in [3.63, 3.8) is 0 Å². The van der Waals surface area contributed by atoms with Crippen molar-refractivity contribution in [1.29, 1.82) is 0 Å². The summed E-state index contributed by atoms with van der Waals surface area (Å²) in [4.78, 5) is 34.4. The highest BCUT2D eigenvalue weighted by molar-refractivity contribution is 6.32. The molecule has 3 aromatic rings. The van der Waals surface area contributed by atoms with Crippen LogP contribution < -0.4 is 0 Å². The maximum Gasteiger partial charge on any atom is 0.338 e. The molecule has 0 radical (unpaired) electrons. The number of rotatable bonds is 4. The number of H-pyrrole nitrogens is 2. The standard InChI is InChI=1S/C16H14ClN3O3/c1-3-23-16(22)11-4-9(17)5-12-10(11)6-13(20-12)14(21)15-18-7-8(2)19-15/h4-7,20H,3H2,1-2H3,(H,18,19). The molecular weight excluding hydrogens is 318 g/mol. The molecular formula is C16H14ClN3O3. The predicted octanol–water partition coefficient (Wildman–Crippen LogP) is 3.26. The lowest BCUT2D eigenvalue weighted by molar-refractivity contribution is 0.0528. The molecule has 0 aliphatic carbocycles. The number of carbonyl (C=O) groups is 2. The van der Waals surface area contributed by atoms with Crippen LogP contribution in [0.5, 0.6) is 0 Å². The van der Waals surface area contributed by atoms with E-state index in [-0.39, 0.29) is 18.2 Å². The summed E-state index contributed by atoms with van der Waals surface area (Å²) < 4.78 is 5.03. The summed E-state index contributed by atoms with van der Waals surface area (Å²) in [6.07, 6.45) is 1.58. The number of nitrogens with one attached hydrogen (secondary N) is 2. The second-order valence-electron chi connectivity index (χ2n) is 5.06. The van der Waals surface area contributed by atoms with Gasteiger partial charge in [-0.05, 0) is 32.0 Å². The number of aryl methyl sites for hydroxylation is 1. The molecule has 7 heteroatoms. The quantitative estimate of drug-likeness (QED) is 0.567. The van der Waals surface area contributed by atoms with Gasteiger partial charge in [0.2, 0.25) is 5.78 Å². The summed E-state index contributed by atoms with van der Waals surface area (Å²) in [5.41, 5.74) is 2.02. The molecule has 0 saturated heterocycles. The molecule has 0 saturated carbocycles. The van der Waals surface area contributed by atoms with Crippen LogP contribution in [0.1, 0.15) is 39.3 Å². The first-order valence-corrected chi connectivity index (χ1v) is 7.43. The van der Waals surface area contributed by atoms with Gasteiger partial charge in [0.05, 0.1) is 17.9 Å². The van der Waals surface area contributed by atoms with Crippen LogP contribution in [0.2, 0.25) is 5.02 Å². The molecule has 0 spiro atoms. The highest BCUT2D eigenvalue weighted by Crippen LogP contribution is 2.26. The van der Waals surface area contributed by atoms with E-state index in [1.807, 2.05) is 6.92 Å². The zero-order chi connectivity index (χ0) is 16.6. The minimum absolute atomic E-state index is 0.234. The third-order valence-corrected chi connectivity index (χ3v) is 3.58. The molecule has 6 nitrogen and oxygen atoms in total. The van der Waals surface area contributed by atoms with Crippen molar-refractivity contribution in [2.45, 2.75) is 13.8 Å². The van der Waals surface area contributed by atoms with E-state index < -0.39 is 5.97 Å². The van der Waals surface area contributed by atoms with Crippen molar-refractivity contribution in [3.05, 3.63) is 52.2 Å². The van der Waals surface area contributed by atoms with Crippen molar-refractivity contribution < 1.29 is 14.3 Å². The number of imidazole rings is 1. The Morgan fingerprint density at radius 2 is 2.04 bits per heavy atom. The van der Waals surface area contributed by atoms with E-state index in [0.717, 1.165) is 5.69 Å². The van der Waals surface area contributed by atoms with Gasteiger partial charge in [-0.25, -0.2) is 9.78 Å². The fraction of sp³-hybridized carbons (Fsp3) is 0.188. The van der Waals surface area contributed by atoms with Crippen molar-refractivity contribution >= 4 is 34.3 Å². The Hall–Kier alpha value is -2.60. The van der Waals surface area contributed by atoms with Gasteiger partial charge >= 0.3 is 5.97 Å². The molecule has 0 bridgehead atoms. The average Bonchev–Trinajstić information content (AvgIpc) is 3.12. The van der Waals surface area contributed by atoms with E-state index in [1.165, 1.54) is 6.07 Å². The van der Waals surface area contributed by atoms with Crippen LogP contribution in [0.15, 0.2) is 24.4 Å². The molecule has 0 aliphatic heterocycles. The van der Waals surface area contributed by atoms with Crippen LogP contribution in [0, 0.1) is 6.92 Å². The Morgan fingerprint density at radius 1 is 1.26 bits per heavy atom. The SMILES string of the molecule is CCOC(=O)c1cc(Cl)cc2[nH]c(C(=O)c3ncc(C)[nH]3)cc12. The van der Waals surface area contributed by atoms with Crippen LogP contribution in [0.3, 0.4) is 0 Å². The zero-order valence-corrected chi connectivity index (χ0v) is 13.3. The van der Waals surface area contributed by atoms with Gasteiger partial charge < -0.3 is 14.7 Å². The van der Waals surface area contributed by atoms with E-state index >= 15 is 0 Å². The first-order chi connectivity index (χ1) is 11.0. The van der Waals surface area contributed by atoms with Gasteiger partial charge in [-0.3, -0.25) is 4.79 Å². The summed E-state index contributed by atoms with van der Waals surface area (Å²) in [6.45, 7) is 3.80. The number of fused-ring (bicyclic) bond motifs is 1. The molecule has 2 N–H and O–H groups in total. The third-order valence-electron chi connectivity index (χ3n) is 3.36. The smallest absolute Gasteiger partial charge is 0.338 e. The second kappa shape index (κ2) is 5.89. The van der Waals surface area contributed by atoms with Crippen molar-refractivity contribution in [2.24, 2.45) is 0 Å². The van der Waals surface area contributed by atoms with Gasteiger partial charge in [-0.2, -0.15) is 0 Å². The monoisotopic (exact) mass is 331 g/mol. The first kappa shape index (κ1) is 15.3. The number of halogens is 1. The molecule has 3 rings (SSSR count). The number of aromatic nitrogens is 3. The van der Waals surface area contributed by atoms with Crippen molar-refractivity contribution in [1.82, 2.24) is 15.0 Å². The minimum Gasteiger partial charge on any atom is -0.462 e. The maximum absolute atomic E-state index is 12.4.